The Morgan fingerprint density at radius 1 is 0.881 bits per heavy atom. The van der Waals surface area contributed by atoms with E-state index in [4.69, 9.17) is 14.5 Å². The van der Waals surface area contributed by atoms with E-state index in [1.807, 2.05) is 79.4 Å². The van der Waals surface area contributed by atoms with Crippen molar-refractivity contribution in [3.63, 3.8) is 0 Å². The molecule has 3 aromatic carbocycles. The largest absolute Gasteiger partial charge is 0.468 e. The minimum atomic E-state index is -1.37. The Balaban J connectivity index is 1.90. The third kappa shape index (κ3) is 4.60. The average Bonchev–Trinajstić information content (AvgIpc) is 3.45. The van der Waals surface area contributed by atoms with Crippen molar-refractivity contribution in [1.29, 1.82) is 0 Å². The molecule has 5 rings (SSSR count). The number of allylic oxidation sites excluding steroid dienone is 1. The maximum absolute atomic E-state index is 14.3. The Hall–Kier alpha value is -4.30. The summed E-state index contributed by atoms with van der Waals surface area (Å²) in [6, 6.07) is 27.5. The van der Waals surface area contributed by atoms with Crippen molar-refractivity contribution in [2.75, 3.05) is 19.1 Å². The molecule has 0 N–H and O–H groups in total. The zero-order valence-electron chi connectivity index (χ0n) is 24.8. The van der Waals surface area contributed by atoms with Gasteiger partial charge in [0.2, 0.25) is 0 Å². The molecule has 1 saturated heterocycles. The average molecular weight is 582 g/mol. The number of hydrogen-bond donors (Lipinski definition) is 0. The Labute approximate surface area is 251 Å². The fraction of sp³-hybridized carbons (Fsp3) is 0.265. The van der Waals surface area contributed by atoms with E-state index >= 15 is 0 Å². The normalized spacial score (nSPS) is 23.8. The summed E-state index contributed by atoms with van der Waals surface area (Å²) >= 11 is 1.49. The zero-order valence-corrected chi connectivity index (χ0v) is 25.6. The number of hydrogen-bond acceptors (Lipinski definition) is 7. The lowest BCUT2D eigenvalue weighted by molar-refractivity contribution is -0.150. The molecule has 7 nitrogen and oxygen atoms in total. The molecule has 0 aliphatic carbocycles. The highest BCUT2D eigenvalue weighted by atomic mass is 32.2. The predicted octanol–water partition coefficient (Wildman–Crippen LogP) is 6.98. The molecule has 1 spiro atoms. The van der Waals surface area contributed by atoms with Gasteiger partial charge in [0, 0.05) is 17.9 Å². The molecule has 0 bridgehead atoms. The highest BCUT2D eigenvalue weighted by molar-refractivity contribution is 8.04. The lowest BCUT2D eigenvalue weighted by Crippen LogP contribution is -2.57. The number of para-hydroxylation sites is 2. The van der Waals surface area contributed by atoms with Crippen molar-refractivity contribution in [3.05, 3.63) is 118 Å². The van der Waals surface area contributed by atoms with Gasteiger partial charge in [0.25, 0.3) is 0 Å². The number of aryl methyl sites for hydroxylation is 1. The van der Waals surface area contributed by atoms with Crippen LogP contribution < -0.4 is 4.90 Å². The van der Waals surface area contributed by atoms with Crippen LogP contribution in [0.3, 0.4) is 0 Å². The molecule has 0 saturated carbocycles. The molecule has 0 aromatic heterocycles. The second-order valence-corrected chi connectivity index (χ2v) is 11.7. The summed E-state index contributed by atoms with van der Waals surface area (Å²) in [4.78, 5) is 35.9. The molecular formula is C34H35N3O4S. The van der Waals surface area contributed by atoms with Crippen molar-refractivity contribution >= 4 is 40.9 Å². The zero-order chi connectivity index (χ0) is 30.1. The molecule has 1 fully saturated rings. The number of esters is 2. The molecule has 2 aliphatic rings. The number of methoxy groups -OCH3 is 2. The minimum Gasteiger partial charge on any atom is -0.468 e. The number of rotatable bonds is 6. The lowest BCUT2D eigenvalue weighted by Gasteiger charge is -2.45. The Morgan fingerprint density at radius 3 is 2.10 bits per heavy atom. The van der Waals surface area contributed by atoms with Crippen molar-refractivity contribution in [3.8, 4) is 0 Å². The summed E-state index contributed by atoms with van der Waals surface area (Å²) in [5, 5.41) is 2.05. The SMILES string of the molecule is COC(=O)/C(C)=C1/N(c2ccccc2)C(=Nc2ccccc2)[C@@](C)(C(=O)OC)[C@@]12SC=C(C)N2Cc1ccc(C)cc1. The first-order valence-corrected chi connectivity index (χ1v) is 14.6. The van der Waals surface area contributed by atoms with Crippen LogP contribution in [0, 0.1) is 12.3 Å². The van der Waals surface area contributed by atoms with Gasteiger partial charge in [0.1, 0.15) is 5.84 Å². The van der Waals surface area contributed by atoms with Crippen LogP contribution in [0.4, 0.5) is 11.4 Å². The number of carbonyl (C=O) groups is 2. The summed E-state index contributed by atoms with van der Waals surface area (Å²) < 4.78 is 10.9. The summed E-state index contributed by atoms with van der Waals surface area (Å²) in [6.07, 6.45) is 0. The molecule has 0 amide bonds. The second-order valence-electron chi connectivity index (χ2n) is 10.6. The van der Waals surface area contributed by atoms with Crippen LogP contribution in [-0.2, 0) is 25.6 Å². The maximum atomic E-state index is 14.3. The van der Waals surface area contributed by atoms with Crippen molar-refractivity contribution in [1.82, 2.24) is 4.90 Å². The van der Waals surface area contributed by atoms with Crippen LogP contribution in [-0.4, -0.2) is 41.8 Å². The first kappa shape index (κ1) is 29.2. The highest BCUT2D eigenvalue weighted by Crippen LogP contribution is 2.64. The van der Waals surface area contributed by atoms with Crippen LogP contribution in [0.25, 0.3) is 0 Å². The highest BCUT2D eigenvalue weighted by Gasteiger charge is 2.72. The molecule has 2 heterocycles. The Morgan fingerprint density at radius 2 is 1.50 bits per heavy atom. The summed E-state index contributed by atoms with van der Waals surface area (Å²) in [6.45, 7) is 8.19. The first-order valence-electron chi connectivity index (χ1n) is 13.7. The van der Waals surface area contributed by atoms with Gasteiger partial charge in [0.15, 0.2) is 10.3 Å². The van der Waals surface area contributed by atoms with E-state index in [0.717, 1.165) is 22.5 Å². The Kier molecular flexibility index (Phi) is 8.01. The standard InChI is InChI=1S/C34H35N3O4S/c1-23-17-19-26(20-18-23)21-36-24(2)22-42-34(36)29(25(3)30(38)40-5)37(28-15-11-8-12-16-28)31(33(34,4)32(39)41-6)35-27-13-9-7-10-14-27/h7-20,22H,21H2,1-6H3/b29-25+,35-31?/t33-,34-/m0/s1. The van der Waals surface area contributed by atoms with E-state index in [1.54, 1.807) is 6.92 Å². The Bertz CT molecular complexity index is 1580. The van der Waals surface area contributed by atoms with Gasteiger partial charge in [-0.25, -0.2) is 9.79 Å². The van der Waals surface area contributed by atoms with E-state index in [2.05, 4.69) is 41.5 Å². The fourth-order valence-electron chi connectivity index (χ4n) is 5.82. The van der Waals surface area contributed by atoms with Gasteiger partial charge in [-0.1, -0.05) is 78.0 Å². The lowest BCUT2D eigenvalue weighted by atomic mass is 9.79. The fourth-order valence-corrected chi connectivity index (χ4v) is 7.39. The molecular weight excluding hydrogens is 546 g/mol. The number of aliphatic imine (C=N–C) groups is 1. The van der Waals surface area contributed by atoms with Crippen LogP contribution in [0.1, 0.15) is 31.9 Å². The molecule has 42 heavy (non-hydrogen) atoms. The molecule has 8 heteroatoms. The predicted molar refractivity (Wildman–Crippen MR) is 168 cm³/mol. The van der Waals surface area contributed by atoms with E-state index in [9.17, 15) is 9.59 Å². The number of thioether (sulfide) groups is 1. The number of ether oxygens (including phenoxy) is 2. The number of carbonyl (C=O) groups excluding carboxylic acids is 2. The van der Waals surface area contributed by atoms with Crippen LogP contribution in [0.2, 0.25) is 0 Å². The van der Waals surface area contributed by atoms with Gasteiger partial charge in [-0.15, -0.1) is 0 Å². The van der Waals surface area contributed by atoms with Gasteiger partial charge in [-0.2, -0.15) is 0 Å². The van der Waals surface area contributed by atoms with Gasteiger partial charge in [0.05, 0.1) is 31.2 Å². The van der Waals surface area contributed by atoms with Gasteiger partial charge in [-0.3, -0.25) is 9.69 Å². The van der Waals surface area contributed by atoms with E-state index in [1.165, 1.54) is 26.0 Å². The van der Waals surface area contributed by atoms with E-state index < -0.39 is 22.2 Å². The molecule has 2 atom stereocenters. The summed E-state index contributed by atoms with van der Waals surface area (Å²) in [5.74, 6) is -0.497. The van der Waals surface area contributed by atoms with Crippen molar-refractivity contribution < 1.29 is 19.1 Å². The van der Waals surface area contributed by atoms with E-state index in [-0.39, 0.29) is 0 Å². The molecule has 0 unspecified atom stereocenters. The molecule has 216 valence electrons. The first-order chi connectivity index (χ1) is 20.2. The quantitative estimate of drug-likeness (QED) is 0.230. The topological polar surface area (TPSA) is 71.4 Å². The smallest absolute Gasteiger partial charge is 0.335 e. The monoisotopic (exact) mass is 581 g/mol. The van der Waals surface area contributed by atoms with Gasteiger partial charge < -0.3 is 14.4 Å². The maximum Gasteiger partial charge on any atom is 0.335 e. The number of amidine groups is 1. The van der Waals surface area contributed by atoms with E-state index in [0.29, 0.717) is 29.3 Å². The minimum absolute atomic E-state index is 0.374. The molecule has 0 radical (unpaired) electrons. The number of nitrogens with zero attached hydrogens (tertiary/aromatic N) is 3. The number of benzene rings is 3. The van der Waals surface area contributed by atoms with Crippen LogP contribution in [0.5, 0.6) is 0 Å². The summed E-state index contributed by atoms with van der Waals surface area (Å²) in [7, 11) is 2.77. The van der Waals surface area contributed by atoms with Crippen molar-refractivity contribution in [2.45, 2.75) is 39.1 Å². The summed E-state index contributed by atoms with van der Waals surface area (Å²) in [5.41, 5.74) is 4.23. The second kappa shape index (κ2) is 11.5. The third-order valence-corrected chi connectivity index (χ3v) is 9.62. The van der Waals surface area contributed by atoms with Crippen LogP contribution >= 0.6 is 11.8 Å². The van der Waals surface area contributed by atoms with Gasteiger partial charge >= 0.3 is 11.9 Å². The molecule has 2 aliphatic heterocycles. The van der Waals surface area contributed by atoms with Crippen LogP contribution in [0.15, 0.2) is 112 Å². The molecule has 3 aromatic rings. The third-order valence-electron chi connectivity index (χ3n) is 7.99. The van der Waals surface area contributed by atoms with Crippen molar-refractivity contribution in [2.24, 2.45) is 10.4 Å². The number of anilines is 1. The van der Waals surface area contributed by atoms with Gasteiger partial charge in [-0.05, 0) is 62.9 Å².